The van der Waals surface area contributed by atoms with Gasteiger partial charge < -0.3 is 9.47 Å². The first kappa shape index (κ1) is 71.3. The molecule has 2 spiro atoms. The SMILES string of the molecule is c1ccc(-c2nc3ccc(-c4ccc(-c5cc(-c6ccccn6)nc(-c6ccccn6)c5)cc4)cc3c3cc4c(cc23)-c2ccccc2C42c3ccccc3Oc3ccccc32)cc1.c1ccc(-c2nc3ccc(-c4ccc(-c5nc6ccccc6n5-c5ccccc5)cc4)cc3c3cc4c(cc23)-c2ccccc2C42c3ccccc3Oc3ccccc32)cc1. The first-order valence-electron chi connectivity index (χ1n) is 42.4. The minimum atomic E-state index is -0.582. The molecular formula is C116H71N7O2. The lowest BCUT2D eigenvalue weighted by atomic mass is 9.66. The molecule has 6 aromatic heterocycles. The predicted molar refractivity (Wildman–Crippen MR) is 505 cm³/mol. The zero-order valence-corrected chi connectivity index (χ0v) is 67.4. The molecule has 0 bridgehead atoms. The van der Waals surface area contributed by atoms with Crippen LogP contribution >= 0.6 is 0 Å². The van der Waals surface area contributed by atoms with Gasteiger partial charge in [-0.05, 0) is 222 Å². The van der Waals surface area contributed by atoms with E-state index >= 15 is 0 Å². The Morgan fingerprint density at radius 1 is 0.208 bits per heavy atom. The smallest absolute Gasteiger partial charge is 0.145 e. The fraction of sp³-hybridized carbons (Fsp3) is 0.0172. The van der Waals surface area contributed by atoms with E-state index in [4.69, 9.17) is 29.4 Å². The summed E-state index contributed by atoms with van der Waals surface area (Å²) in [6.07, 6.45) is 3.61. The summed E-state index contributed by atoms with van der Waals surface area (Å²) in [7, 11) is 0. The minimum Gasteiger partial charge on any atom is -0.457 e. The van der Waals surface area contributed by atoms with E-state index in [1.807, 2.05) is 42.5 Å². The number of ether oxygens (including phenoxy) is 2. The fourth-order valence-corrected chi connectivity index (χ4v) is 20.4. The van der Waals surface area contributed by atoms with E-state index < -0.39 is 10.8 Å². The summed E-state index contributed by atoms with van der Waals surface area (Å²) in [6, 6.07) is 149. The molecule has 0 fully saturated rings. The minimum absolute atomic E-state index is 0.572. The molecule has 0 saturated carbocycles. The number of nitrogens with zero attached hydrogens (tertiary/aromatic N) is 7. The summed E-state index contributed by atoms with van der Waals surface area (Å²) < 4.78 is 15.6. The maximum Gasteiger partial charge on any atom is 0.145 e. The van der Waals surface area contributed by atoms with Crippen molar-refractivity contribution in [3.8, 4) is 141 Å². The van der Waals surface area contributed by atoms with Crippen LogP contribution in [0.25, 0.3) is 172 Å². The average Bonchev–Trinajstić information content (AvgIpc) is 1.53. The van der Waals surface area contributed by atoms with Crippen molar-refractivity contribution in [1.29, 1.82) is 0 Å². The van der Waals surface area contributed by atoms with E-state index in [9.17, 15) is 0 Å². The molecule has 9 nitrogen and oxygen atoms in total. The molecule has 22 aromatic rings. The molecule has 582 valence electrons. The number of imidazole rings is 1. The van der Waals surface area contributed by atoms with Gasteiger partial charge in [0, 0.05) is 78.6 Å². The highest BCUT2D eigenvalue weighted by Gasteiger charge is 2.53. The average molecular weight is 1590 g/mol. The van der Waals surface area contributed by atoms with Gasteiger partial charge in [0.2, 0.25) is 0 Å². The van der Waals surface area contributed by atoms with Gasteiger partial charge in [-0.25, -0.2) is 19.9 Å². The van der Waals surface area contributed by atoms with Gasteiger partial charge in [0.15, 0.2) is 0 Å². The van der Waals surface area contributed by atoms with Crippen LogP contribution in [0.3, 0.4) is 0 Å². The lowest BCUT2D eigenvalue weighted by Crippen LogP contribution is -2.32. The van der Waals surface area contributed by atoms with Gasteiger partial charge >= 0.3 is 0 Å². The molecule has 0 saturated heterocycles. The van der Waals surface area contributed by atoms with E-state index in [0.717, 1.165) is 190 Å². The molecule has 0 atom stereocenters. The van der Waals surface area contributed by atoms with Crippen LogP contribution in [0.1, 0.15) is 44.5 Å². The Bertz CT molecular complexity index is 7990. The predicted octanol–water partition coefficient (Wildman–Crippen LogP) is 28.6. The van der Waals surface area contributed by atoms with Crippen molar-refractivity contribution in [2.75, 3.05) is 0 Å². The summed E-state index contributed by atoms with van der Waals surface area (Å²) in [5, 5.41) is 6.81. The number of fused-ring (bicyclic) bond motifs is 25. The van der Waals surface area contributed by atoms with Crippen LogP contribution in [0, 0.1) is 0 Å². The molecule has 0 radical (unpaired) electrons. The fourth-order valence-electron chi connectivity index (χ4n) is 20.4. The monoisotopic (exact) mass is 1590 g/mol. The number of rotatable bonds is 9. The van der Waals surface area contributed by atoms with E-state index in [1.165, 1.54) is 49.9 Å². The molecule has 125 heavy (non-hydrogen) atoms. The van der Waals surface area contributed by atoms with Crippen LogP contribution in [0.4, 0.5) is 0 Å². The van der Waals surface area contributed by atoms with E-state index in [0.29, 0.717) is 0 Å². The molecule has 9 heteroatoms. The zero-order valence-electron chi connectivity index (χ0n) is 67.4. The molecule has 0 amide bonds. The Morgan fingerprint density at radius 3 is 1.03 bits per heavy atom. The lowest BCUT2D eigenvalue weighted by molar-refractivity contribution is 0.436. The molecular weight excluding hydrogens is 1520 g/mol. The molecule has 2 aliphatic heterocycles. The van der Waals surface area contributed by atoms with Crippen molar-refractivity contribution in [1.82, 2.24) is 34.5 Å². The molecule has 26 rings (SSSR count). The second-order valence-electron chi connectivity index (χ2n) is 32.6. The third-order valence-electron chi connectivity index (χ3n) is 25.9. The topological polar surface area (TPSA) is 101 Å². The Labute approximate surface area is 720 Å². The van der Waals surface area contributed by atoms with Crippen molar-refractivity contribution in [2.45, 2.75) is 10.8 Å². The summed E-state index contributed by atoms with van der Waals surface area (Å²) in [5.41, 5.74) is 33.5. The van der Waals surface area contributed by atoms with Crippen molar-refractivity contribution < 1.29 is 9.47 Å². The molecule has 0 N–H and O–H groups in total. The third-order valence-corrected chi connectivity index (χ3v) is 25.9. The normalized spacial score (nSPS) is 13.1. The highest BCUT2D eigenvalue weighted by molar-refractivity contribution is 6.16. The van der Waals surface area contributed by atoms with Gasteiger partial charge in [-0.15, -0.1) is 0 Å². The quantitative estimate of drug-likeness (QED) is 0.132. The summed E-state index contributed by atoms with van der Waals surface area (Å²) in [6.45, 7) is 0. The van der Waals surface area contributed by atoms with Gasteiger partial charge in [-0.3, -0.25) is 14.5 Å². The van der Waals surface area contributed by atoms with E-state index in [2.05, 4.69) is 391 Å². The van der Waals surface area contributed by atoms with Gasteiger partial charge in [0.05, 0.1) is 67.1 Å². The van der Waals surface area contributed by atoms with Crippen molar-refractivity contribution in [3.63, 3.8) is 0 Å². The Morgan fingerprint density at radius 2 is 0.584 bits per heavy atom. The van der Waals surface area contributed by atoms with Crippen molar-refractivity contribution >= 4 is 54.4 Å². The number of benzene rings is 16. The van der Waals surface area contributed by atoms with Crippen LogP contribution in [0.2, 0.25) is 0 Å². The van der Waals surface area contributed by atoms with Crippen LogP contribution in [0.5, 0.6) is 23.0 Å². The van der Waals surface area contributed by atoms with Crippen LogP contribution < -0.4 is 9.47 Å². The maximum atomic E-state index is 6.66. The van der Waals surface area contributed by atoms with Gasteiger partial charge in [-0.1, -0.05) is 285 Å². The summed E-state index contributed by atoms with van der Waals surface area (Å²) in [5.74, 6) is 4.46. The Balaban J connectivity index is 0.000000137. The van der Waals surface area contributed by atoms with Crippen LogP contribution in [-0.4, -0.2) is 34.5 Å². The number of hydrogen-bond acceptors (Lipinski definition) is 8. The first-order chi connectivity index (χ1) is 61.9. The zero-order chi connectivity index (χ0) is 82.3. The van der Waals surface area contributed by atoms with Crippen molar-refractivity contribution in [2.24, 2.45) is 0 Å². The second kappa shape index (κ2) is 28.5. The maximum absolute atomic E-state index is 6.66. The van der Waals surface area contributed by atoms with Gasteiger partial charge in [-0.2, -0.15) is 0 Å². The summed E-state index contributed by atoms with van der Waals surface area (Å²) >= 11 is 0. The van der Waals surface area contributed by atoms with E-state index in [-0.39, 0.29) is 0 Å². The van der Waals surface area contributed by atoms with Crippen LogP contribution in [-0.2, 0) is 10.8 Å². The molecule has 8 heterocycles. The third kappa shape index (κ3) is 11.2. The molecule has 2 aliphatic carbocycles. The van der Waals surface area contributed by atoms with Crippen molar-refractivity contribution in [3.05, 3.63) is 475 Å². The summed E-state index contributed by atoms with van der Waals surface area (Å²) in [4.78, 5) is 30.3. The number of para-hydroxylation sites is 7. The van der Waals surface area contributed by atoms with E-state index in [1.54, 1.807) is 12.4 Å². The first-order valence-corrected chi connectivity index (χ1v) is 42.4. The lowest BCUT2D eigenvalue weighted by Gasteiger charge is -2.39. The standard InChI is InChI=1S/C59H36N4O.C57H35N3O/c1-2-14-39(15-3-1)58-46-35-44-42-16-4-5-17-47(42)59(48-18-6-8-22-56(48)64-57-23-9-7-19-49(57)59)50(44)36-43(46)45-32-40(28-29-51(45)63-58)37-24-26-38(27-25-37)41-33-54(52-20-10-12-30-60-52)62-55(34-41)53-21-11-13-31-61-53;1-3-15-37(16-4-1)55-45-34-43-41-19-7-8-20-46(41)57(47-21-9-13-25-53(47)61-54-26-14-10-22-48(54)57)49(43)35-42(45)44-33-39(31-32-50(44)58-55)36-27-29-38(30-28-36)56-59-51-23-11-12-24-52(51)60(56)40-17-5-2-6-18-40/h1-36H;1-35H. The number of hydrogen-bond donors (Lipinski definition) is 0. The van der Waals surface area contributed by atoms with Gasteiger partial charge in [0.1, 0.15) is 28.8 Å². The highest BCUT2D eigenvalue weighted by atomic mass is 16.5. The second-order valence-corrected chi connectivity index (χ2v) is 32.6. The Hall–Kier alpha value is -16.6. The van der Waals surface area contributed by atoms with Gasteiger partial charge in [0.25, 0.3) is 0 Å². The van der Waals surface area contributed by atoms with Crippen LogP contribution in [0.15, 0.2) is 431 Å². The highest BCUT2D eigenvalue weighted by Crippen LogP contribution is 2.65. The molecule has 16 aromatic carbocycles. The molecule has 0 unspecified atom stereocenters. The number of aromatic nitrogens is 7. The number of pyridine rings is 5. The molecule has 4 aliphatic rings. The Kier molecular flexibility index (Phi) is 16.3. The largest absolute Gasteiger partial charge is 0.457 e.